The predicted molar refractivity (Wildman–Crippen MR) is 68.0 cm³/mol. The van der Waals surface area contributed by atoms with Crippen molar-refractivity contribution >= 4 is 17.5 Å². The quantitative estimate of drug-likeness (QED) is 0.789. The Hall–Kier alpha value is -2.10. The molecule has 1 aliphatic rings. The molecule has 0 atom stereocenters. The van der Waals surface area contributed by atoms with Gasteiger partial charge in [-0.25, -0.2) is 0 Å². The molecule has 0 bridgehead atoms. The van der Waals surface area contributed by atoms with E-state index in [1.54, 1.807) is 7.05 Å². The summed E-state index contributed by atoms with van der Waals surface area (Å²) in [6.45, 7) is -0.0119. The van der Waals surface area contributed by atoms with Crippen LogP contribution in [0, 0.1) is 0 Å². The van der Waals surface area contributed by atoms with Crippen LogP contribution in [0.25, 0.3) is 0 Å². The number of alkyl halides is 3. The molecule has 0 spiro atoms. The molecule has 0 unspecified atom stereocenters. The SMILES string of the molecule is Cn1cc(Cl)c(C(=O)N2CCn3c(nnc3C(F)(F)F)C2)n1. The van der Waals surface area contributed by atoms with E-state index in [2.05, 4.69) is 15.3 Å². The van der Waals surface area contributed by atoms with Crippen molar-refractivity contribution in [3.05, 3.63) is 28.6 Å². The first-order chi connectivity index (χ1) is 10.3. The molecule has 0 aliphatic carbocycles. The molecular weight excluding hydrogens is 325 g/mol. The molecule has 118 valence electrons. The van der Waals surface area contributed by atoms with Crippen molar-refractivity contribution < 1.29 is 18.0 Å². The first-order valence-corrected chi connectivity index (χ1v) is 6.63. The minimum atomic E-state index is -4.57. The number of fused-ring (bicyclic) bond motifs is 1. The van der Waals surface area contributed by atoms with Crippen molar-refractivity contribution in [2.75, 3.05) is 6.54 Å². The molecule has 11 heteroatoms. The zero-order valence-corrected chi connectivity index (χ0v) is 12.1. The van der Waals surface area contributed by atoms with Gasteiger partial charge in [0, 0.05) is 26.3 Å². The lowest BCUT2D eigenvalue weighted by atomic mass is 10.3. The molecule has 0 saturated heterocycles. The summed E-state index contributed by atoms with van der Waals surface area (Å²) in [4.78, 5) is 13.7. The molecule has 0 N–H and O–H groups in total. The summed E-state index contributed by atoms with van der Waals surface area (Å²) in [5.41, 5.74) is 0.0631. The van der Waals surface area contributed by atoms with Crippen molar-refractivity contribution in [3.63, 3.8) is 0 Å². The summed E-state index contributed by atoms with van der Waals surface area (Å²) in [5.74, 6) is -1.42. The molecule has 1 amide bonds. The zero-order chi connectivity index (χ0) is 16.1. The predicted octanol–water partition coefficient (Wildman–Crippen LogP) is 1.34. The average Bonchev–Trinajstić information content (AvgIpc) is 2.99. The number of hydrogen-bond donors (Lipinski definition) is 0. The van der Waals surface area contributed by atoms with Crippen molar-refractivity contribution in [1.82, 2.24) is 29.4 Å². The molecule has 3 rings (SSSR count). The summed E-state index contributed by atoms with van der Waals surface area (Å²) < 4.78 is 40.6. The van der Waals surface area contributed by atoms with Crippen LogP contribution in [-0.2, 0) is 26.3 Å². The van der Waals surface area contributed by atoms with Gasteiger partial charge in [-0.15, -0.1) is 10.2 Å². The van der Waals surface area contributed by atoms with Crippen LogP contribution in [0.4, 0.5) is 13.2 Å². The van der Waals surface area contributed by atoms with Gasteiger partial charge in [0.2, 0.25) is 5.82 Å². The van der Waals surface area contributed by atoms with Gasteiger partial charge in [0.1, 0.15) is 0 Å². The van der Waals surface area contributed by atoms with Crippen LogP contribution < -0.4 is 0 Å². The van der Waals surface area contributed by atoms with Gasteiger partial charge < -0.3 is 9.47 Å². The number of nitrogens with zero attached hydrogens (tertiary/aromatic N) is 6. The summed E-state index contributed by atoms with van der Waals surface area (Å²) in [5, 5.41) is 10.8. The fourth-order valence-electron chi connectivity index (χ4n) is 2.30. The lowest BCUT2D eigenvalue weighted by Gasteiger charge is -2.27. The number of amides is 1. The Labute approximate surface area is 127 Å². The van der Waals surface area contributed by atoms with Gasteiger partial charge in [-0.1, -0.05) is 11.6 Å². The average molecular weight is 335 g/mol. The largest absolute Gasteiger partial charge is 0.451 e. The minimum absolute atomic E-state index is 0.0344. The van der Waals surface area contributed by atoms with E-state index in [4.69, 9.17) is 11.6 Å². The van der Waals surface area contributed by atoms with Crippen molar-refractivity contribution in [1.29, 1.82) is 0 Å². The van der Waals surface area contributed by atoms with Crippen LogP contribution in [0.5, 0.6) is 0 Å². The summed E-state index contributed by atoms with van der Waals surface area (Å²) >= 11 is 5.91. The Kier molecular flexibility index (Phi) is 3.35. The van der Waals surface area contributed by atoms with E-state index in [1.807, 2.05) is 0 Å². The standard InChI is InChI=1S/C11H10ClF3N6O/c1-19-4-6(12)8(18-19)9(22)20-2-3-21-7(5-20)16-17-10(21)11(13,14)15/h4H,2-3,5H2,1H3. The van der Waals surface area contributed by atoms with E-state index in [0.29, 0.717) is 0 Å². The second kappa shape index (κ2) is 4.97. The fourth-order valence-corrected chi connectivity index (χ4v) is 2.55. The van der Waals surface area contributed by atoms with Crippen LogP contribution >= 0.6 is 11.6 Å². The molecule has 7 nitrogen and oxygen atoms in total. The van der Waals surface area contributed by atoms with E-state index < -0.39 is 17.9 Å². The van der Waals surface area contributed by atoms with Crippen molar-refractivity contribution in [2.45, 2.75) is 19.3 Å². The van der Waals surface area contributed by atoms with Crippen molar-refractivity contribution in [2.24, 2.45) is 7.05 Å². The van der Waals surface area contributed by atoms with E-state index in [-0.39, 0.29) is 36.2 Å². The Balaban J connectivity index is 1.85. The molecule has 0 fully saturated rings. The fraction of sp³-hybridized carbons (Fsp3) is 0.455. The molecule has 0 radical (unpaired) electrons. The normalized spacial score (nSPS) is 15.0. The van der Waals surface area contributed by atoms with Gasteiger partial charge in [-0.3, -0.25) is 9.48 Å². The van der Waals surface area contributed by atoms with Crippen LogP contribution in [-0.4, -0.2) is 41.9 Å². The highest BCUT2D eigenvalue weighted by molar-refractivity contribution is 6.33. The van der Waals surface area contributed by atoms with Crippen LogP contribution in [0.15, 0.2) is 6.20 Å². The third kappa shape index (κ3) is 2.43. The molecule has 0 aromatic carbocycles. The number of halogens is 4. The van der Waals surface area contributed by atoms with Crippen LogP contribution in [0.1, 0.15) is 22.1 Å². The lowest BCUT2D eigenvalue weighted by Crippen LogP contribution is -2.39. The lowest BCUT2D eigenvalue weighted by molar-refractivity contribution is -0.147. The first kappa shape index (κ1) is 14.8. The maximum absolute atomic E-state index is 12.8. The smallest absolute Gasteiger partial charge is 0.328 e. The molecule has 0 saturated carbocycles. The maximum atomic E-state index is 12.8. The van der Waals surface area contributed by atoms with Crippen LogP contribution in [0.3, 0.4) is 0 Å². The third-order valence-electron chi connectivity index (χ3n) is 3.28. The zero-order valence-electron chi connectivity index (χ0n) is 11.3. The van der Waals surface area contributed by atoms with Gasteiger partial charge in [0.25, 0.3) is 5.91 Å². The highest BCUT2D eigenvalue weighted by Gasteiger charge is 2.40. The van der Waals surface area contributed by atoms with Gasteiger partial charge >= 0.3 is 6.18 Å². The van der Waals surface area contributed by atoms with E-state index >= 15 is 0 Å². The van der Waals surface area contributed by atoms with E-state index in [0.717, 1.165) is 4.57 Å². The monoisotopic (exact) mass is 334 g/mol. The summed E-state index contributed by atoms with van der Waals surface area (Å²) in [6, 6.07) is 0. The van der Waals surface area contributed by atoms with Gasteiger partial charge in [-0.2, -0.15) is 18.3 Å². The topological polar surface area (TPSA) is 68.8 Å². The third-order valence-corrected chi connectivity index (χ3v) is 3.56. The number of rotatable bonds is 1. The van der Waals surface area contributed by atoms with Gasteiger partial charge in [0.05, 0.1) is 11.6 Å². The second-order valence-electron chi connectivity index (χ2n) is 4.82. The second-order valence-corrected chi connectivity index (χ2v) is 5.22. The Morgan fingerprint density at radius 3 is 2.64 bits per heavy atom. The molecule has 3 heterocycles. The highest BCUT2D eigenvalue weighted by atomic mass is 35.5. The number of hydrogen-bond acceptors (Lipinski definition) is 4. The van der Waals surface area contributed by atoms with Gasteiger partial charge in [-0.05, 0) is 0 Å². The Morgan fingerprint density at radius 2 is 2.05 bits per heavy atom. The minimum Gasteiger partial charge on any atom is -0.328 e. The first-order valence-electron chi connectivity index (χ1n) is 6.25. The Bertz CT molecular complexity index is 737. The molecule has 22 heavy (non-hydrogen) atoms. The summed E-state index contributed by atoms with van der Waals surface area (Å²) in [6.07, 6.45) is -3.09. The van der Waals surface area contributed by atoms with Gasteiger partial charge in [0.15, 0.2) is 11.5 Å². The number of aromatic nitrogens is 5. The Morgan fingerprint density at radius 1 is 1.32 bits per heavy atom. The molecule has 1 aliphatic heterocycles. The summed E-state index contributed by atoms with van der Waals surface area (Å²) in [7, 11) is 1.62. The maximum Gasteiger partial charge on any atom is 0.451 e. The highest BCUT2D eigenvalue weighted by Crippen LogP contribution is 2.29. The molecular formula is C11H10ClF3N6O. The van der Waals surface area contributed by atoms with Crippen molar-refractivity contribution in [3.8, 4) is 0 Å². The number of carbonyl (C=O) groups excluding carboxylic acids is 1. The van der Waals surface area contributed by atoms with E-state index in [1.165, 1.54) is 15.8 Å². The van der Waals surface area contributed by atoms with E-state index in [9.17, 15) is 18.0 Å². The number of aryl methyl sites for hydroxylation is 1. The van der Waals surface area contributed by atoms with Crippen LogP contribution in [0.2, 0.25) is 5.02 Å². The molecule has 2 aromatic rings. The number of carbonyl (C=O) groups is 1. The molecule has 2 aromatic heterocycles.